The Morgan fingerprint density at radius 2 is 1.96 bits per heavy atom. The summed E-state index contributed by atoms with van der Waals surface area (Å²) in [6.45, 7) is 7.21. The topological polar surface area (TPSA) is 33.1 Å². The molecule has 0 aromatic carbocycles. The van der Waals surface area contributed by atoms with Gasteiger partial charge in [0.25, 0.3) is 0 Å². The van der Waals surface area contributed by atoms with Gasteiger partial charge >= 0.3 is 0 Å². The monoisotopic (exact) mass is 377 g/mol. The second-order valence-corrected chi connectivity index (χ2v) is 10.6. The van der Waals surface area contributed by atoms with Gasteiger partial charge in [-0.25, -0.2) is 0 Å². The van der Waals surface area contributed by atoms with Crippen LogP contribution in [0.25, 0.3) is 5.57 Å². The first-order valence-electron chi connectivity index (χ1n) is 11.5. The zero-order valence-corrected chi connectivity index (χ0v) is 17.7. The number of hydrogen-bond donors (Lipinski definition) is 1. The van der Waals surface area contributed by atoms with E-state index in [4.69, 9.17) is 0 Å². The lowest BCUT2D eigenvalue weighted by Gasteiger charge is -2.60. The Balaban J connectivity index is 1.43. The SMILES string of the molecule is CC[C@@]1(O)CC[C@@]2(C)C(CCC3C4=CC=C(c5cccnc5)[C@@]4(C)CCC32)C1. The summed E-state index contributed by atoms with van der Waals surface area (Å²) in [7, 11) is 0. The lowest BCUT2D eigenvalue weighted by atomic mass is 9.45. The normalized spacial score (nSPS) is 44.8. The van der Waals surface area contributed by atoms with E-state index in [1.54, 1.807) is 5.57 Å². The van der Waals surface area contributed by atoms with Crippen molar-refractivity contribution in [3.8, 4) is 0 Å². The fraction of sp³-hybridized carbons (Fsp3) is 0.654. The minimum atomic E-state index is -0.401. The molecule has 5 rings (SSSR count). The standard InChI is InChI=1S/C26H35NO/c1-4-26(28)14-13-24(2)19(16-26)7-8-20-22-10-9-21(18-6-5-15-27-17-18)25(22,3)12-11-23(20)24/h5-6,9-10,15,17,19-20,23,28H,4,7-8,11-14,16H2,1-3H3/t19?,20?,23?,24-,25+,26+/m0/s1. The van der Waals surface area contributed by atoms with Gasteiger partial charge < -0.3 is 5.11 Å². The van der Waals surface area contributed by atoms with Gasteiger partial charge in [0.15, 0.2) is 0 Å². The maximum absolute atomic E-state index is 11.0. The molecule has 150 valence electrons. The van der Waals surface area contributed by atoms with Gasteiger partial charge in [0.05, 0.1) is 5.60 Å². The lowest BCUT2D eigenvalue weighted by molar-refractivity contribution is -0.121. The van der Waals surface area contributed by atoms with Crippen LogP contribution >= 0.6 is 0 Å². The van der Waals surface area contributed by atoms with Crippen molar-refractivity contribution < 1.29 is 5.11 Å². The van der Waals surface area contributed by atoms with Crippen molar-refractivity contribution in [3.63, 3.8) is 0 Å². The first kappa shape index (κ1) is 18.6. The number of aliphatic hydroxyl groups is 1. The summed E-state index contributed by atoms with van der Waals surface area (Å²) in [6, 6.07) is 4.28. The van der Waals surface area contributed by atoms with Crippen LogP contribution in [0.1, 0.15) is 77.7 Å². The minimum Gasteiger partial charge on any atom is -0.390 e. The summed E-state index contributed by atoms with van der Waals surface area (Å²) >= 11 is 0. The summed E-state index contributed by atoms with van der Waals surface area (Å²) in [5.41, 5.74) is 4.65. The van der Waals surface area contributed by atoms with Crippen LogP contribution in [0.3, 0.4) is 0 Å². The molecule has 0 bridgehead atoms. The Hall–Kier alpha value is -1.41. The predicted octanol–water partition coefficient (Wildman–Crippen LogP) is 6.18. The molecule has 6 atom stereocenters. The smallest absolute Gasteiger partial charge is 0.0648 e. The van der Waals surface area contributed by atoms with Crippen LogP contribution in [0, 0.1) is 28.6 Å². The molecule has 4 aliphatic carbocycles. The molecule has 28 heavy (non-hydrogen) atoms. The zero-order chi connectivity index (χ0) is 19.6. The molecule has 1 heterocycles. The van der Waals surface area contributed by atoms with E-state index in [1.807, 2.05) is 12.4 Å². The average Bonchev–Trinajstić information content (AvgIpc) is 3.06. The second-order valence-electron chi connectivity index (χ2n) is 10.6. The number of rotatable bonds is 2. The Morgan fingerprint density at radius 1 is 1.11 bits per heavy atom. The van der Waals surface area contributed by atoms with E-state index in [0.717, 1.165) is 31.1 Å². The summed E-state index contributed by atoms with van der Waals surface area (Å²) in [5, 5.41) is 11.0. The molecule has 0 radical (unpaired) electrons. The van der Waals surface area contributed by atoms with Crippen LogP contribution in [-0.2, 0) is 0 Å². The number of nitrogens with zero attached hydrogens (tertiary/aromatic N) is 1. The summed E-state index contributed by atoms with van der Waals surface area (Å²) in [5.74, 6) is 2.21. The highest BCUT2D eigenvalue weighted by Crippen LogP contribution is 2.66. The number of fused-ring (bicyclic) bond motifs is 5. The highest BCUT2D eigenvalue weighted by atomic mass is 16.3. The van der Waals surface area contributed by atoms with Crippen LogP contribution in [0.15, 0.2) is 42.3 Å². The number of pyridine rings is 1. The van der Waals surface area contributed by atoms with Crippen LogP contribution in [0.5, 0.6) is 0 Å². The van der Waals surface area contributed by atoms with Crippen molar-refractivity contribution in [2.75, 3.05) is 0 Å². The Kier molecular flexibility index (Phi) is 4.18. The molecular weight excluding hydrogens is 342 g/mol. The van der Waals surface area contributed by atoms with Crippen molar-refractivity contribution in [1.82, 2.24) is 4.98 Å². The van der Waals surface area contributed by atoms with Crippen LogP contribution in [0.4, 0.5) is 0 Å². The van der Waals surface area contributed by atoms with E-state index in [2.05, 4.69) is 50.0 Å². The maximum Gasteiger partial charge on any atom is 0.0648 e. The molecule has 3 saturated carbocycles. The summed E-state index contributed by atoms with van der Waals surface area (Å²) < 4.78 is 0. The van der Waals surface area contributed by atoms with Crippen molar-refractivity contribution in [2.24, 2.45) is 28.6 Å². The largest absolute Gasteiger partial charge is 0.390 e. The molecule has 0 spiro atoms. The molecular formula is C26H35NO. The quantitative estimate of drug-likeness (QED) is 0.667. The fourth-order valence-corrected chi connectivity index (χ4v) is 7.58. The molecule has 0 aliphatic heterocycles. The molecule has 0 amide bonds. The van der Waals surface area contributed by atoms with E-state index >= 15 is 0 Å². The third-order valence-corrected chi connectivity index (χ3v) is 9.49. The Bertz CT molecular complexity index is 826. The average molecular weight is 378 g/mol. The summed E-state index contributed by atoms with van der Waals surface area (Å²) in [6.07, 6.45) is 18.1. The van der Waals surface area contributed by atoms with Gasteiger partial charge in [0, 0.05) is 17.8 Å². The van der Waals surface area contributed by atoms with Crippen molar-refractivity contribution in [1.29, 1.82) is 0 Å². The molecule has 3 fully saturated rings. The van der Waals surface area contributed by atoms with Gasteiger partial charge in [-0.3, -0.25) is 4.98 Å². The molecule has 1 N–H and O–H groups in total. The number of allylic oxidation sites excluding steroid dienone is 4. The molecule has 1 aromatic rings. The first-order chi connectivity index (χ1) is 13.4. The first-order valence-corrected chi connectivity index (χ1v) is 11.5. The van der Waals surface area contributed by atoms with E-state index in [1.165, 1.54) is 43.2 Å². The van der Waals surface area contributed by atoms with Crippen LogP contribution in [0.2, 0.25) is 0 Å². The fourth-order valence-electron chi connectivity index (χ4n) is 7.58. The lowest BCUT2D eigenvalue weighted by Crippen LogP contribution is -2.54. The van der Waals surface area contributed by atoms with Gasteiger partial charge in [-0.1, -0.05) is 44.6 Å². The van der Waals surface area contributed by atoms with E-state index in [9.17, 15) is 5.11 Å². The minimum absolute atomic E-state index is 0.187. The summed E-state index contributed by atoms with van der Waals surface area (Å²) in [4.78, 5) is 4.38. The van der Waals surface area contributed by atoms with Gasteiger partial charge in [-0.2, -0.15) is 0 Å². The molecule has 1 aromatic heterocycles. The predicted molar refractivity (Wildman–Crippen MR) is 115 cm³/mol. The maximum atomic E-state index is 11.0. The highest BCUT2D eigenvalue weighted by Gasteiger charge is 2.57. The van der Waals surface area contributed by atoms with E-state index < -0.39 is 5.60 Å². The van der Waals surface area contributed by atoms with Gasteiger partial charge in [0.1, 0.15) is 0 Å². The van der Waals surface area contributed by atoms with Gasteiger partial charge in [0.2, 0.25) is 0 Å². The molecule has 3 unspecified atom stereocenters. The third-order valence-electron chi connectivity index (χ3n) is 9.49. The molecule has 2 heteroatoms. The number of aromatic nitrogens is 1. The molecule has 4 aliphatic rings. The third kappa shape index (κ3) is 2.53. The van der Waals surface area contributed by atoms with Crippen molar-refractivity contribution in [3.05, 3.63) is 47.8 Å². The van der Waals surface area contributed by atoms with E-state index in [-0.39, 0.29) is 5.41 Å². The van der Waals surface area contributed by atoms with E-state index in [0.29, 0.717) is 11.3 Å². The van der Waals surface area contributed by atoms with Crippen molar-refractivity contribution in [2.45, 2.75) is 77.7 Å². The van der Waals surface area contributed by atoms with Crippen LogP contribution in [-0.4, -0.2) is 15.7 Å². The molecule has 0 saturated heterocycles. The zero-order valence-electron chi connectivity index (χ0n) is 17.7. The van der Waals surface area contributed by atoms with Crippen LogP contribution < -0.4 is 0 Å². The second kappa shape index (κ2) is 6.29. The van der Waals surface area contributed by atoms with Gasteiger partial charge in [-0.05, 0) is 91.7 Å². The Labute approximate surface area is 170 Å². The highest BCUT2D eigenvalue weighted by molar-refractivity contribution is 5.78. The Morgan fingerprint density at radius 3 is 2.71 bits per heavy atom. The van der Waals surface area contributed by atoms with Gasteiger partial charge in [-0.15, -0.1) is 0 Å². The number of hydrogen-bond acceptors (Lipinski definition) is 2. The van der Waals surface area contributed by atoms with Crippen molar-refractivity contribution >= 4 is 5.57 Å². The molecule has 2 nitrogen and oxygen atoms in total.